The van der Waals surface area contributed by atoms with E-state index in [-0.39, 0.29) is 0 Å². The van der Waals surface area contributed by atoms with E-state index in [1.54, 1.807) is 55.7 Å². The van der Waals surface area contributed by atoms with Crippen LogP contribution < -0.4 is 0 Å². The van der Waals surface area contributed by atoms with E-state index in [0.717, 1.165) is 0 Å². The molecule has 0 aromatic heterocycles. The van der Waals surface area contributed by atoms with Gasteiger partial charge in [0.05, 0.1) is 0 Å². The molecule has 0 saturated carbocycles. The van der Waals surface area contributed by atoms with Gasteiger partial charge in [0.2, 0.25) is 0 Å². The minimum absolute atomic E-state index is 1.20. The Bertz CT molecular complexity index is 1010. The van der Waals surface area contributed by atoms with Crippen molar-refractivity contribution in [2.75, 3.05) is 0 Å². The summed E-state index contributed by atoms with van der Waals surface area (Å²) in [4.78, 5) is 0. The average molecular weight is 497 g/mol. The maximum atomic E-state index is 2.60. The van der Waals surface area contributed by atoms with Gasteiger partial charge in [-0.25, -0.2) is 0 Å². The quantitative estimate of drug-likeness (QED) is 0.217. The van der Waals surface area contributed by atoms with Crippen molar-refractivity contribution < 1.29 is 0 Å². The van der Waals surface area contributed by atoms with Crippen LogP contribution in [-0.4, -0.2) is 0 Å². The van der Waals surface area contributed by atoms with E-state index in [1.165, 1.54) is 109 Å². The van der Waals surface area contributed by atoms with E-state index in [0.29, 0.717) is 0 Å². The molecular weight excluding hydrogens is 444 g/mol. The highest BCUT2D eigenvalue weighted by molar-refractivity contribution is 5.70. The fraction of sp³-hybridized carbons (Fsp3) is 0.568. The third-order valence-corrected chi connectivity index (χ3v) is 8.79. The van der Waals surface area contributed by atoms with Gasteiger partial charge in [-0.3, -0.25) is 0 Å². The minimum Gasteiger partial charge on any atom is -0.0654 e. The van der Waals surface area contributed by atoms with Crippen molar-refractivity contribution in [2.45, 2.75) is 137 Å². The molecule has 0 heteroatoms. The summed E-state index contributed by atoms with van der Waals surface area (Å²) in [7, 11) is 0. The Balaban J connectivity index is 1.41. The molecule has 0 unspecified atom stereocenters. The second kappa shape index (κ2) is 14.2. The molecule has 0 aliphatic heterocycles. The lowest BCUT2D eigenvalue weighted by Gasteiger charge is -2.13. The van der Waals surface area contributed by atoms with E-state index in [1.807, 2.05) is 0 Å². The summed E-state index contributed by atoms with van der Waals surface area (Å²) in [5, 5.41) is 0. The Morgan fingerprint density at radius 3 is 1.16 bits per heavy atom. The van der Waals surface area contributed by atoms with Crippen molar-refractivity contribution in [3.8, 4) is 0 Å². The van der Waals surface area contributed by atoms with Crippen LogP contribution in [0.1, 0.15) is 143 Å². The summed E-state index contributed by atoms with van der Waals surface area (Å²) in [5.74, 6) is 0. The predicted molar refractivity (Wildman–Crippen MR) is 165 cm³/mol. The highest BCUT2D eigenvalue weighted by Crippen LogP contribution is 2.37. The van der Waals surface area contributed by atoms with E-state index in [9.17, 15) is 0 Å². The number of benzene rings is 2. The molecule has 0 fully saturated rings. The number of rotatable bonds is 16. The summed E-state index contributed by atoms with van der Waals surface area (Å²) in [6.45, 7) is 9.25. The Kier molecular flexibility index (Phi) is 10.7. The maximum Gasteiger partial charge on any atom is -0.00550 e. The smallest absolute Gasteiger partial charge is 0.00550 e. The zero-order valence-electron chi connectivity index (χ0n) is 24.5. The fourth-order valence-electron chi connectivity index (χ4n) is 6.50. The molecule has 0 heterocycles. The summed E-state index contributed by atoms with van der Waals surface area (Å²) < 4.78 is 0. The average Bonchev–Trinajstić information content (AvgIpc) is 3.54. The lowest BCUT2D eigenvalue weighted by atomic mass is 9.92. The molecule has 0 bridgehead atoms. The molecule has 0 radical (unpaired) electrons. The number of fused-ring (bicyclic) bond motifs is 2. The molecule has 2 aliphatic rings. The Morgan fingerprint density at radius 2 is 0.784 bits per heavy atom. The zero-order chi connectivity index (χ0) is 26.0. The first-order valence-electron chi connectivity index (χ1n) is 15.8. The van der Waals surface area contributed by atoms with Crippen LogP contribution in [0.3, 0.4) is 0 Å². The van der Waals surface area contributed by atoms with Crippen LogP contribution in [0.25, 0.3) is 12.2 Å². The van der Waals surface area contributed by atoms with Gasteiger partial charge in [-0.2, -0.15) is 0 Å². The van der Waals surface area contributed by atoms with Gasteiger partial charge in [-0.15, -0.1) is 0 Å². The van der Waals surface area contributed by atoms with Crippen molar-refractivity contribution in [1.29, 1.82) is 0 Å². The first-order valence-corrected chi connectivity index (χ1v) is 15.8. The molecule has 0 atom stereocenters. The number of allylic oxidation sites excluding steroid dienone is 2. The second-order valence-electron chi connectivity index (χ2n) is 11.8. The first kappa shape index (κ1) is 27.9. The van der Waals surface area contributed by atoms with Crippen LogP contribution in [0.15, 0.2) is 35.4 Å². The van der Waals surface area contributed by atoms with E-state index in [2.05, 4.69) is 64.1 Å². The highest BCUT2D eigenvalue weighted by atomic mass is 14.3. The lowest BCUT2D eigenvalue weighted by Crippen LogP contribution is -1.99. The van der Waals surface area contributed by atoms with Gasteiger partial charge in [0.15, 0.2) is 0 Å². The Hall–Kier alpha value is -2.08. The third kappa shape index (κ3) is 7.07. The molecule has 37 heavy (non-hydrogen) atoms. The summed E-state index contributed by atoms with van der Waals surface area (Å²) in [6.07, 6.45) is 26.7. The highest BCUT2D eigenvalue weighted by Gasteiger charge is 2.21. The van der Waals surface area contributed by atoms with E-state index >= 15 is 0 Å². The van der Waals surface area contributed by atoms with Crippen molar-refractivity contribution in [1.82, 2.24) is 0 Å². The lowest BCUT2D eigenvalue weighted by molar-refractivity contribution is 0.766. The Labute approximate surface area is 228 Å². The molecule has 2 aromatic carbocycles. The molecule has 2 aromatic rings. The second-order valence-corrected chi connectivity index (χ2v) is 11.8. The standard InChI is InChI=1S/C37H52/c1-5-9-16-30-20-21-31(17-10-6-2)35-25-28(24-34(30)35)14-13-15-29-26-36-32(18-11-7-3)22-23-33(19-12-8-4)37(36)27-29/h20-24,26H,5-19,25,27H2,1-4H3. The van der Waals surface area contributed by atoms with Crippen molar-refractivity contribution in [3.05, 3.63) is 79.9 Å². The van der Waals surface area contributed by atoms with Gasteiger partial charge in [-0.1, -0.05) is 101 Å². The van der Waals surface area contributed by atoms with Crippen LogP contribution >= 0.6 is 0 Å². The van der Waals surface area contributed by atoms with Crippen molar-refractivity contribution in [2.24, 2.45) is 0 Å². The molecule has 0 nitrogen and oxygen atoms in total. The van der Waals surface area contributed by atoms with Gasteiger partial charge in [-0.05, 0) is 128 Å². The molecule has 0 amide bonds. The summed E-state index contributed by atoms with van der Waals surface area (Å²) >= 11 is 0. The van der Waals surface area contributed by atoms with Crippen molar-refractivity contribution in [3.63, 3.8) is 0 Å². The number of hydrogen-bond donors (Lipinski definition) is 0. The van der Waals surface area contributed by atoms with Gasteiger partial charge in [0.1, 0.15) is 0 Å². The summed E-state index contributed by atoms with van der Waals surface area (Å²) in [5.41, 5.74) is 16.3. The third-order valence-electron chi connectivity index (χ3n) is 8.79. The van der Waals surface area contributed by atoms with Crippen LogP contribution in [-0.2, 0) is 38.5 Å². The molecule has 4 rings (SSSR count). The number of unbranched alkanes of at least 4 members (excludes halogenated alkanes) is 4. The molecule has 0 N–H and O–H groups in total. The van der Waals surface area contributed by atoms with Crippen LogP contribution in [0.4, 0.5) is 0 Å². The number of aryl methyl sites for hydroxylation is 4. The maximum absolute atomic E-state index is 2.60. The molecule has 2 aliphatic carbocycles. The van der Waals surface area contributed by atoms with Gasteiger partial charge in [0, 0.05) is 0 Å². The van der Waals surface area contributed by atoms with E-state index in [4.69, 9.17) is 0 Å². The largest absolute Gasteiger partial charge is 0.0654 e. The van der Waals surface area contributed by atoms with Crippen LogP contribution in [0.2, 0.25) is 0 Å². The molecule has 0 saturated heterocycles. The fourth-order valence-corrected chi connectivity index (χ4v) is 6.50. The zero-order valence-corrected chi connectivity index (χ0v) is 24.5. The molecular formula is C37H52. The predicted octanol–water partition coefficient (Wildman–Crippen LogP) is 10.8. The van der Waals surface area contributed by atoms with Gasteiger partial charge >= 0.3 is 0 Å². The van der Waals surface area contributed by atoms with Crippen LogP contribution in [0, 0.1) is 0 Å². The van der Waals surface area contributed by atoms with Crippen molar-refractivity contribution >= 4 is 12.2 Å². The van der Waals surface area contributed by atoms with Crippen LogP contribution in [0.5, 0.6) is 0 Å². The first-order chi connectivity index (χ1) is 18.2. The SMILES string of the molecule is CCCCc1ccc(CCCC)c2c1C=C(CCCC1=Cc3c(CCCC)ccc(CCCC)c3C1)C2. The minimum atomic E-state index is 1.20. The molecule has 0 spiro atoms. The van der Waals surface area contributed by atoms with Gasteiger partial charge in [0.25, 0.3) is 0 Å². The van der Waals surface area contributed by atoms with E-state index < -0.39 is 0 Å². The summed E-state index contributed by atoms with van der Waals surface area (Å²) in [6, 6.07) is 9.82. The Morgan fingerprint density at radius 1 is 0.432 bits per heavy atom. The normalized spacial score (nSPS) is 14.1. The van der Waals surface area contributed by atoms with Gasteiger partial charge < -0.3 is 0 Å². The topological polar surface area (TPSA) is 0 Å². The molecule has 200 valence electrons. The number of hydrogen-bond acceptors (Lipinski definition) is 0. The monoisotopic (exact) mass is 496 g/mol.